The van der Waals surface area contributed by atoms with E-state index in [-0.39, 0.29) is 0 Å². The molecule has 15 aromatic rings. The van der Waals surface area contributed by atoms with Crippen LogP contribution in [0.2, 0.25) is 0 Å². The van der Waals surface area contributed by atoms with Gasteiger partial charge in [-0.3, -0.25) is 4.98 Å². The number of hydrogen-bond acceptors (Lipinski definition) is 8. The Morgan fingerprint density at radius 2 is 0.787 bits per heavy atom. The number of furan rings is 1. The summed E-state index contributed by atoms with van der Waals surface area (Å²) in [6.07, 6.45) is 9.99. The van der Waals surface area contributed by atoms with E-state index >= 15 is 0 Å². The topological polar surface area (TPSA) is 113 Å². The molecule has 15 rings (SSSR count). The van der Waals surface area contributed by atoms with Gasteiger partial charge in [-0.05, 0) is 118 Å². The van der Waals surface area contributed by atoms with Crippen molar-refractivity contribution in [1.29, 1.82) is 0 Å². The summed E-state index contributed by atoms with van der Waals surface area (Å²) in [5.41, 5.74) is 18.6. The highest BCUT2D eigenvalue weighted by Gasteiger charge is 2.21. The van der Waals surface area contributed by atoms with Crippen LogP contribution < -0.4 is 0 Å². The summed E-state index contributed by atoms with van der Waals surface area (Å²) in [7, 11) is 0. The van der Waals surface area contributed by atoms with Crippen LogP contribution in [-0.4, -0.2) is 44.0 Å². The van der Waals surface area contributed by atoms with Crippen LogP contribution in [-0.2, 0) is 0 Å². The molecule has 0 saturated heterocycles. The molecule has 0 aliphatic carbocycles. The van der Waals surface area contributed by atoms with Crippen LogP contribution in [0, 0.1) is 0 Å². The fraction of sp³-hybridized carbons (Fsp3) is 0. The maximum atomic E-state index is 6.79. The first-order valence-corrected chi connectivity index (χ1v) is 24.7. The number of fused-ring (bicyclic) bond motifs is 9. The fourth-order valence-electron chi connectivity index (χ4n) is 11.2. The first kappa shape index (κ1) is 42.3. The van der Waals surface area contributed by atoms with Gasteiger partial charge >= 0.3 is 0 Å². The quantitative estimate of drug-likeness (QED) is 0.148. The van der Waals surface area contributed by atoms with Crippen molar-refractivity contribution in [1.82, 2.24) is 44.0 Å². The van der Waals surface area contributed by atoms with Gasteiger partial charge in [-0.1, -0.05) is 121 Å². The third-order valence-corrected chi connectivity index (χ3v) is 14.5. The molecule has 0 spiro atoms. The number of benzene rings is 9. The van der Waals surface area contributed by atoms with Crippen LogP contribution in [0.4, 0.5) is 0 Å². The van der Waals surface area contributed by atoms with Gasteiger partial charge in [-0.15, -0.1) is 0 Å². The Kier molecular flexibility index (Phi) is 9.64. The fourth-order valence-corrected chi connectivity index (χ4v) is 11.2. The first-order chi connectivity index (χ1) is 37.2. The van der Waals surface area contributed by atoms with Crippen molar-refractivity contribution in [3.05, 3.63) is 238 Å². The lowest BCUT2D eigenvalue weighted by molar-refractivity contribution is 0.670. The van der Waals surface area contributed by atoms with E-state index in [1.54, 1.807) is 25.3 Å². The highest BCUT2D eigenvalue weighted by atomic mass is 16.3. The Morgan fingerprint density at radius 3 is 1.43 bits per heavy atom. The smallest absolute Gasteiger partial charge is 0.163 e. The molecule has 0 amide bonds. The van der Waals surface area contributed by atoms with E-state index in [1.165, 1.54) is 0 Å². The van der Waals surface area contributed by atoms with E-state index in [0.717, 1.165) is 133 Å². The molecule has 0 fully saturated rings. The summed E-state index contributed by atoms with van der Waals surface area (Å²) in [5.74, 6) is 1.25. The Hall–Kier alpha value is -10.5. The Balaban J connectivity index is 0.858. The number of rotatable bonds is 8. The largest absolute Gasteiger partial charge is 0.455 e. The standard InChI is InChI=1S/C65H39N9O/c1-2-11-45(12-3-1)73-60-26-22-44(34-55(60)57-35-66-29-28-61(57)73)49-18-9-19-50-56-31-41(23-27-62(56)75-63(49)50)40-10-8-13-46(30-40)74-58-24-20-42(47-14-4-6-16-51(47)64-69-36-67-37-70-64)32-53(58)54-33-43(21-25-59(54)74)48-15-5-7-17-52(48)65-71-38-68-39-72-65/h1-39H. The van der Waals surface area contributed by atoms with E-state index in [4.69, 9.17) is 4.42 Å². The van der Waals surface area contributed by atoms with Gasteiger partial charge in [0.1, 0.15) is 36.5 Å². The van der Waals surface area contributed by atoms with Gasteiger partial charge in [0.15, 0.2) is 11.6 Å². The number of pyridine rings is 1. The van der Waals surface area contributed by atoms with Gasteiger partial charge in [-0.25, -0.2) is 29.9 Å². The second-order valence-electron chi connectivity index (χ2n) is 18.7. The van der Waals surface area contributed by atoms with Crippen molar-refractivity contribution in [2.24, 2.45) is 0 Å². The molecule has 9 aromatic carbocycles. The predicted molar refractivity (Wildman–Crippen MR) is 300 cm³/mol. The molecule has 10 heteroatoms. The summed E-state index contributed by atoms with van der Waals surface area (Å²) in [6.45, 7) is 0. The second kappa shape index (κ2) is 17.1. The van der Waals surface area contributed by atoms with Crippen molar-refractivity contribution >= 4 is 65.6 Å². The number of aromatic nitrogens is 9. The molecule has 0 unspecified atom stereocenters. The van der Waals surface area contributed by atoms with Crippen molar-refractivity contribution in [2.45, 2.75) is 0 Å². The Labute approximate surface area is 428 Å². The molecule has 6 aromatic heterocycles. The molecule has 10 nitrogen and oxygen atoms in total. The number of nitrogens with zero attached hydrogens (tertiary/aromatic N) is 9. The molecule has 0 bridgehead atoms. The van der Waals surface area contributed by atoms with Crippen LogP contribution in [0.25, 0.3) is 144 Å². The van der Waals surface area contributed by atoms with Crippen molar-refractivity contribution in [3.63, 3.8) is 0 Å². The highest BCUT2D eigenvalue weighted by Crippen LogP contribution is 2.43. The van der Waals surface area contributed by atoms with Crippen LogP contribution >= 0.6 is 0 Å². The van der Waals surface area contributed by atoms with E-state index in [9.17, 15) is 0 Å². The highest BCUT2D eigenvalue weighted by molar-refractivity contribution is 6.15. The number of hydrogen-bond donors (Lipinski definition) is 0. The van der Waals surface area contributed by atoms with Crippen LogP contribution in [0.15, 0.2) is 242 Å². The lowest BCUT2D eigenvalue weighted by atomic mass is 9.95. The zero-order chi connectivity index (χ0) is 49.4. The van der Waals surface area contributed by atoms with Crippen molar-refractivity contribution in [3.8, 4) is 78.7 Å². The maximum absolute atomic E-state index is 6.79. The monoisotopic (exact) mass is 961 g/mol. The SMILES string of the molecule is c1ccc(-n2c3ccncc3c3cc(-c4cccc5c4oc4ccc(-c6cccc(-n7c8ccc(-c9ccccc9-c9ncncn9)cc8c8cc(-c9ccccc9-c9ncncn9)ccc87)c6)cc45)ccc32)cc1. The summed E-state index contributed by atoms with van der Waals surface area (Å²) in [6, 6.07) is 71.1. The van der Waals surface area contributed by atoms with Gasteiger partial charge in [-0.2, -0.15) is 0 Å². The third-order valence-electron chi connectivity index (χ3n) is 14.5. The van der Waals surface area contributed by atoms with Crippen molar-refractivity contribution < 1.29 is 4.42 Å². The summed E-state index contributed by atoms with van der Waals surface area (Å²) in [4.78, 5) is 30.8. The molecule has 0 saturated carbocycles. The molecule has 350 valence electrons. The molecule has 0 radical (unpaired) electrons. The molecular weight excluding hydrogens is 923 g/mol. The van der Waals surface area contributed by atoms with Crippen LogP contribution in [0.1, 0.15) is 0 Å². The van der Waals surface area contributed by atoms with Gasteiger partial charge in [0.2, 0.25) is 0 Å². The average Bonchev–Trinajstić information content (AvgIpc) is 4.15. The normalized spacial score (nSPS) is 11.7. The number of para-hydroxylation sites is 2. The molecule has 0 aliphatic heterocycles. The van der Waals surface area contributed by atoms with E-state index in [1.807, 2.05) is 24.5 Å². The Morgan fingerprint density at radius 1 is 0.307 bits per heavy atom. The van der Waals surface area contributed by atoms with E-state index in [0.29, 0.717) is 11.6 Å². The van der Waals surface area contributed by atoms with Gasteiger partial charge in [0.25, 0.3) is 0 Å². The predicted octanol–water partition coefficient (Wildman–Crippen LogP) is 15.5. The summed E-state index contributed by atoms with van der Waals surface area (Å²) >= 11 is 0. The minimum absolute atomic E-state index is 0.624. The molecule has 75 heavy (non-hydrogen) atoms. The zero-order valence-corrected chi connectivity index (χ0v) is 39.9. The minimum atomic E-state index is 0.624. The lowest BCUT2D eigenvalue weighted by Gasteiger charge is -2.12. The molecule has 6 heterocycles. The van der Waals surface area contributed by atoms with Gasteiger partial charge < -0.3 is 13.6 Å². The molecular formula is C65H39N9O. The van der Waals surface area contributed by atoms with Crippen molar-refractivity contribution in [2.75, 3.05) is 0 Å². The van der Waals surface area contributed by atoms with Gasteiger partial charge in [0.05, 0.1) is 22.1 Å². The molecule has 0 aliphatic rings. The van der Waals surface area contributed by atoms with Crippen LogP contribution in [0.5, 0.6) is 0 Å². The Bertz CT molecular complexity index is 4580. The van der Waals surface area contributed by atoms with Gasteiger partial charge in [0, 0.05) is 72.8 Å². The zero-order valence-electron chi connectivity index (χ0n) is 39.9. The third kappa shape index (κ3) is 6.92. The minimum Gasteiger partial charge on any atom is -0.455 e. The first-order valence-electron chi connectivity index (χ1n) is 24.7. The lowest BCUT2D eigenvalue weighted by Crippen LogP contribution is -1.95. The summed E-state index contributed by atoms with van der Waals surface area (Å²) < 4.78 is 11.5. The second-order valence-corrected chi connectivity index (χ2v) is 18.7. The van der Waals surface area contributed by atoms with E-state index < -0.39 is 0 Å². The van der Waals surface area contributed by atoms with Crippen LogP contribution in [0.3, 0.4) is 0 Å². The van der Waals surface area contributed by atoms with E-state index in [2.05, 4.69) is 232 Å². The average molecular weight is 962 g/mol. The molecule has 0 N–H and O–H groups in total. The summed E-state index contributed by atoms with van der Waals surface area (Å²) in [5, 5.41) is 6.59. The molecule has 0 atom stereocenters. The maximum Gasteiger partial charge on any atom is 0.163 e.